The molecule has 0 aliphatic rings. The van der Waals surface area contributed by atoms with Crippen LogP contribution in [0.15, 0.2) is 36.7 Å². The smallest absolute Gasteiger partial charge is 0.194 e. The number of aryl methyl sites for hydroxylation is 1. The van der Waals surface area contributed by atoms with Crippen molar-refractivity contribution in [3.8, 4) is 0 Å². The minimum Gasteiger partial charge on any atom is -0.289 e. The molecule has 0 aliphatic carbocycles. The van der Waals surface area contributed by atoms with Gasteiger partial charge in [0.25, 0.3) is 0 Å². The Kier molecular flexibility index (Phi) is 2.97. The van der Waals surface area contributed by atoms with Crippen LogP contribution < -0.4 is 0 Å². The molecule has 0 fully saturated rings. The van der Waals surface area contributed by atoms with E-state index in [-0.39, 0.29) is 5.78 Å². The molecule has 0 unspecified atom stereocenters. The lowest BCUT2D eigenvalue weighted by atomic mass is 10.1. The zero-order chi connectivity index (χ0) is 11.5. The highest BCUT2D eigenvalue weighted by Gasteiger charge is 2.09. The number of hydrogen-bond acceptors (Lipinski definition) is 3. The van der Waals surface area contributed by atoms with Crippen molar-refractivity contribution in [2.24, 2.45) is 0 Å². The van der Waals surface area contributed by atoms with E-state index in [2.05, 4.69) is 9.97 Å². The van der Waals surface area contributed by atoms with E-state index >= 15 is 0 Å². The predicted octanol–water partition coefficient (Wildman–Crippen LogP) is 2.67. The van der Waals surface area contributed by atoms with E-state index in [4.69, 9.17) is 11.6 Å². The summed E-state index contributed by atoms with van der Waals surface area (Å²) in [5.74, 6) is -0.100. The van der Waals surface area contributed by atoms with E-state index in [0.717, 1.165) is 5.69 Å². The number of halogens is 1. The van der Waals surface area contributed by atoms with Crippen molar-refractivity contribution in [2.45, 2.75) is 6.92 Å². The average Bonchev–Trinajstić information content (AvgIpc) is 2.29. The van der Waals surface area contributed by atoms with Crippen molar-refractivity contribution in [3.63, 3.8) is 0 Å². The van der Waals surface area contributed by atoms with Crippen LogP contribution in [-0.2, 0) is 0 Å². The number of nitrogens with zero attached hydrogens (tertiary/aromatic N) is 2. The first-order valence-electron chi connectivity index (χ1n) is 4.76. The van der Waals surface area contributed by atoms with E-state index in [1.807, 2.05) is 6.92 Å². The van der Waals surface area contributed by atoms with Gasteiger partial charge in [0.1, 0.15) is 5.15 Å². The van der Waals surface area contributed by atoms with Gasteiger partial charge in [-0.3, -0.25) is 9.78 Å². The highest BCUT2D eigenvalue weighted by Crippen LogP contribution is 2.12. The number of ketones is 1. The summed E-state index contributed by atoms with van der Waals surface area (Å²) in [6.45, 7) is 1.87. The number of carbonyl (C=O) groups is 1. The van der Waals surface area contributed by atoms with Crippen molar-refractivity contribution in [1.82, 2.24) is 9.97 Å². The predicted molar refractivity (Wildman–Crippen MR) is 61.7 cm³/mol. The van der Waals surface area contributed by atoms with Crippen LogP contribution in [0.25, 0.3) is 0 Å². The van der Waals surface area contributed by atoms with Crippen molar-refractivity contribution in [1.29, 1.82) is 0 Å². The first kappa shape index (κ1) is 10.8. The van der Waals surface area contributed by atoms with Gasteiger partial charge < -0.3 is 0 Å². The van der Waals surface area contributed by atoms with E-state index in [1.165, 1.54) is 6.20 Å². The van der Waals surface area contributed by atoms with E-state index in [0.29, 0.717) is 16.3 Å². The summed E-state index contributed by atoms with van der Waals surface area (Å²) >= 11 is 5.72. The van der Waals surface area contributed by atoms with Crippen LogP contribution in [0.5, 0.6) is 0 Å². The first-order valence-corrected chi connectivity index (χ1v) is 5.13. The van der Waals surface area contributed by atoms with Crippen LogP contribution in [0.4, 0.5) is 0 Å². The maximum atomic E-state index is 12.0. The van der Waals surface area contributed by atoms with Gasteiger partial charge >= 0.3 is 0 Å². The quantitative estimate of drug-likeness (QED) is 0.591. The Hall–Kier alpha value is -1.74. The molecule has 2 aromatic rings. The molecule has 0 atom stereocenters. The number of aromatic nitrogens is 2. The highest BCUT2D eigenvalue weighted by atomic mass is 35.5. The fraction of sp³-hybridized carbons (Fsp3) is 0.0833. The Labute approximate surface area is 98.1 Å². The molecule has 80 valence electrons. The van der Waals surface area contributed by atoms with Gasteiger partial charge in [-0.25, -0.2) is 4.98 Å². The molecular weight excluding hydrogens is 224 g/mol. The Morgan fingerprint density at radius 3 is 2.62 bits per heavy atom. The monoisotopic (exact) mass is 232 g/mol. The van der Waals surface area contributed by atoms with Crippen molar-refractivity contribution < 1.29 is 4.79 Å². The largest absolute Gasteiger partial charge is 0.289 e. The summed E-state index contributed by atoms with van der Waals surface area (Å²) in [4.78, 5) is 19.9. The van der Waals surface area contributed by atoms with Crippen molar-refractivity contribution >= 4 is 17.4 Å². The van der Waals surface area contributed by atoms with Gasteiger partial charge in [-0.15, -0.1) is 0 Å². The summed E-state index contributed by atoms with van der Waals surface area (Å²) < 4.78 is 0. The van der Waals surface area contributed by atoms with Gasteiger partial charge in [-0.2, -0.15) is 0 Å². The SMILES string of the molecule is Cc1ccc(C(=O)c2ccnc(Cl)c2)cn1. The Balaban J connectivity index is 2.35. The maximum Gasteiger partial charge on any atom is 0.194 e. The molecule has 0 saturated heterocycles. The second-order valence-electron chi connectivity index (χ2n) is 3.38. The van der Waals surface area contributed by atoms with Gasteiger partial charge in [0, 0.05) is 29.2 Å². The van der Waals surface area contributed by atoms with Crippen molar-refractivity contribution in [3.05, 3.63) is 58.6 Å². The third-order valence-electron chi connectivity index (χ3n) is 2.16. The van der Waals surface area contributed by atoms with E-state index in [9.17, 15) is 4.79 Å². The van der Waals surface area contributed by atoms with Gasteiger partial charge in [0.15, 0.2) is 5.78 Å². The molecule has 0 bridgehead atoms. The molecule has 2 aromatic heterocycles. The Morgan fingerprint density at radius 2 is 2.00 bits per heavy atom. The highest BCUT2D eigenvalue weighted by molar-refractivity contribution is 6.29. The Morgan fingerprint density at radius 1 is 1.19 bits per heavy atom. The Bertz CT molecular complexity index is 523. The topological polar surface area (TPSA) is 42.9 Å². The molecule has 0 saturated carbocycles. The van der Waals surface area contributed by atoms with Crippen LogP contribution in [0, 0.1) is 6.92 Å². The fourth-order valence-electron chi connectivity index (χ4n) is 1.31. The molecule has 0 spiro atoms. The summed E-state index contributed by atoms with van der Waals surface area (Å²) in [6, 6.07) is 6.73. The van der Waals surface area contributed by atoms with Crippen LogP contribution in [0.3, 0.4) is 0 Å². The second-order valence-corrected chi connectivity index (χ2v) is 3.77. The first-order chi connectivity index (χ1) is 7.66. The number of pyridine rings is 2. The molecule has 0 aliphatic heterocycles. The maximum absolute atomic E-state index is 12.0. The van der Waals surface area contributed by atoms with E-state index in [1.54, 1.807) is 30.5 Å². The van der Waals surface area contributed by atoms with Gasteiger partial charge in [0.05, 0.1) is 0 Å². The minimum absolute atomic E-state index is 0.100. The minimum atomic E-state index is -0.100. The molecule has 0 aromatic carbocycles. The molecule has 16 heavy (non-hydrogen) atoms. The molecule has 4 heteroatoms. The zero-order valence-corrected chi connectivity index (χ0v) is 9.40. The van der Waals surface area contributed by atoms with Crippen molar-refractivity contribution in [2.75, 3.05) is 0 Å². The number of rotatable bonds is 2. The molecule has 0 N–H and O–H groups in total. The molecule has 2 heterocycles. The van der Waals surface area contributed by atoms with Crippen LogP contribution in [-0.4, -0.2) is 15.8 Å². The standard InChI is InChI=1S/C12H9ClN2O/c1-8-2-3-10(7-15-8)12(16)9-4-5-14-11(13)6-9/h2-7H,1H3. The molecule has 0 amide bonds. The molecule has 3 nitrogen and oxygen atoms in total. The average molecular weight is 233 g/mol. The zero-order valence-electron chi connectivity index (χ0n) is 8.64. The van der Waals surface area contributed by atoms with E-state index < -0.39 is 0 Å². The third kappa shape index (κ3) is 2.25. The molecular formula is C12H9ClN2O. The summed E-state index contributed by atoms with van der Waals surface area (Å²) in [5.41, 5.74) is 1.95. The van der Waals surface area contributed by atoms with Gasteiger partial charge in [-0.1, -0.05) is 11.6 Å². The number of carbonyl (C=O) groups excluding carboxylic acids is 1. The normalized spacial score (nSPS) is 10.1. The van der Waals surface area contributed by atoms with Gasteiger partial charge in [0.2, 0.25) is 0 Å². The number of hydrogen-bond donors (Lipinski definition) is 0. The van der Waals surface area contributed by atoms with Crippen LogP contribution >= 0.6 is 11.6 Å². The van der Waals surface area contributed by atoms with Gasteiger partial charge in [-0.05, 0) is 31.2 Å². The summed E-state index contributed by atoms with van der Waals surface area (Å²) in [5, 5.41) is 0.311. The lowest BCUT2D eigenvalue weighted by Gasteiger charge is -2.01. The summed E-state index contributed by atoms with van der Waals surface area (Å²) in [7, 11) is 0. The summed E-state index contributed by atoms with van der Waals surface area (Å²) in [6.07, 6.45) is 3.07. The van der Waals surface area contributed by atoms with Crippen LogP contribution in [0.1, 0.15) is 21.6 Å². The third-order valence-corrected chi connectivity index (χ3v) is 2.37. The molecule has 2 rings (SSSR count). The lowest BCUT2D eigenvalue weighted by molar-refractivity contribution is 0.103. The van der Waals surface area contributed by atoms with Crippen LogP contribution in [0.2, 0.25) is 5.15 Å². The lowest BCUT2D eigenvalue weighted by Crippen LogP contribution is -2.02. The fourth-order valence-corrected chi connectivity index (χ4v) is 1.49. The second kappa shape index (κ2) is 4.41. The molecule has 0 radical (unpaired) electrons.